The summed E-state index contributed by atoms with van der Waals surface area (Å²) in [5.41, 5.74) is 0. The zero-order chi connectivity index (χ0) is 8.81. The molecule has 5 heteroatoms. The number of nitrogens with one attached hydrogen (secondary N) is 3. The second-order valence-corrected chi connectivity index (χ2v) is 2.69. The minimum Gasteiger partial charge on any atom is -0.338 e. The number of amides is 3. The predicted molar refractivity (Wildman–Crippen MR) is 43.6 cm³/mol. The summed E-state index contributed by atoms with van der Waals surface area (Å²) in [7, 11) is 0. The highest BCUT2D eigenvalue weighted by atomic mass is 16.2. The number of imide groups is 1. The Kier molecular flexibility index (Phi) is 3.53. The minimum absolute atomic E-state index is 0.216. The van der Waals surface area contributed by atoms with Crippen molar-refractivity contribution in [2.75, 3.05) is 19.6 Å². The first-order valence-electron chi connectivity index (χ1n) is 4.07. The number of carbonyl (C=O) groups is 2. The van der Waals surface area contributed by atoms with Crippen LogP contribution in [0, 0.1) is 0 Å². The summed E-state index contributed by atoms with van der Waals surface area (Å²) in [6.45, 7) is 1.66. The Hall–Kier alpha value is -1.10. The molecule has 3 amide bonds. The highest BCUT2D eigenvalue weighted by molar-refractivity contribution is 5.95. The minimum atomic E-state index is -0.399. The van der Waals surface area contributed by atoms with Crippen molar-refractivity contribution >= 4 is 11.9 Å². The molecule has 1 fully saturated rings. The lowest BCUT2D eigenvalue weighted by Gasteiger charge is -2.10. The van der Waals surface area contributed by atoms with Crippen molar-refractivity contribution in [3.63, 3.8) is 0 Å². The zero-order valence-electron chi connectivity index (χ0n) is 6.85. The van der Waals surface area contributed by atoms with Gasteiger partial charge in [-0.3, -0.25) is 10.1 Å². The first kappa shape index (κ1) is 8.99. The van der Waals surface area contributed by atoms with Gasteiger partial charge in [0.2, 0.25) is 5.91 Å². The van der Waals surface area contributed by atoms with Crippen molar-refractivity contribution in [3.8, 4) is 0 Å². The van der Waals surface area contributed by atoms with Gasteiger partial charge in [-0.15, -0.1) is 0 Å². The van der Waals surface area contributed by atoms with Gasteiger partial charge in [0.25, 0.3) is 0 Å². The van der Waals surface area contributed by atoms with E-state index >= 15 is 0 Å². The maximum absolute atomic E-state index is 10.9. The predicted octanol–water partition coefficient (Wildman–Crippen LogP) is -0.804. The summed E-state index contributed by atoms with van der Waals surface area (Å²) in [4.78, 5) is 21.7. The van der Waals surface area contributed by atoms with Crippen LogP contribution in [0.25, 0.3) is 0 Å². The van der Waals surface area contributed by atoms with Gasteiger partial charge in [-0.1, -0.05) is 0 Å². The van der Waals surface area contributed by atoms with E-state index in [1.807, 2.05) is 0 Å². The van der Waals surface area contributed by atoms with Crippen molar-refractivity contribution in [1.29, 1.82) is 0 Å². The van der Waals surface area contributed by atoms with Crippen LogP contribution < -0.4 is 16.0 Å². The number of hydrogen-bond donors (Lipinski definition) is 3. The first-order chi connectivity index (χ1) is 5.79. The van der Waals surface area contributed by atoms with Gasteiger partial charge in [-0.25, -0.2) is 4.79 Å². The van der Waals surface area contributed by atoms with Gasteiger partial charge in [0.15, 0.2) is 0 Å². The van der Waals surface area contributed by atoms with E-state index in [0.717, 1.165) is 19.4 Å². The van der Waals surface area contributed by atoms with Gasteiger partial charge in [-0.05, 0) is 19.4 Å². The van der Waals surface area contributed by atoms with Gasteiger partial charge in [0.05, 0.1) is 6.54 Å². The summed E-state index contributed by atoms with van der Waals surface area (Å²) in [6.07, 6.45) is 1.92. The maximum Gasteiger partial charge on any atom is 0.321 e. The van der Waals surface area contributed by atoms with E-state index in [2.05, 4.69) is 16.0 Å². The van der Waals surface area contributed by atoms with Crippen molar-refractivity contribution in [1.82, 2.24) is 16.0 Å². The fraction of sp³-hybridized carbons (Fsp3) is 0.714. The van der Waals surface area contributed by atoms with E-state index < -0.39 is 6.03 Å². The van der Waals surface area contributed by atoms with E-state index in [1.165, 1.54) is 0 Å². The van der Waals surface area contributed by atoms with Crippen LogP contribution in [-0.4, -0.2) is 31.6 Å². The molecule has 3 N–H and O–H groups in total. The van der Waals surface area contributed by atoms with E-state index in [9.17, 15) is 9.59 Å². The molecule has 0 spiro atoms. The second kappa shape index (κ2) is 4.71. The molecule has 0 aromatic heterocycles. The molecule has 0 saturated carbocycles. The van der Waals surface area contributed by atoms with Gasteiger partial charge < -0.3 is 10.6 Å². The average molecular weight is 171 g/mol. The fourth-order valence-corrected chi connectivity index (χ4v) is 0.994. The normalized spacial score (nSPS) is 21.0. The molecular weight excluding hydrogens is 158 g/mol. The van der Waals surface area contributed by atoms with Crippen LogP contribution in [0.2, 0.25) is 0 Å². The standard InChI is InChI=1S/C7H13N3O2/c11-6-5-8-3-1-2-4-9-7(12)10-6/h8H,1-5H2,(H2,9,10,11,12). The number of rotatable bonds is 0. The second-order valence-electron chi connectivity index (χ2n) is 2.69. The lowest BCUT2D eigenvalue weighted by Crippen LogP contribution is -2.44. The van der Waals surface area contributed by atoms with E-state index in [4.69, 9.17) is 0 Å². The van der Waals surface area contributed by atoms with Crippen LogP contribution in [0.5, 0.6) is 0 Å². The van der Waals surface area contributed by atoms with Gasteiger partial charge >= 0.3 is 6.03 Å². The fourth-order valence-electron chi connectivity index (χ4n) is 0.994. The van der Waals surface area contributed by atoms with E-state index in [1.54, 1.807) is 0 Å². The Bertz CT molecular complexity index is 163. The van der Waals surface area contributed by atoms with Crippen molar-refractivity contribution in [3.05, 3.63) is 0 Å². The van der Waals surface area contributed by atoms with Gasteiger partial charge in [0, 0.05) is 6.54 Å². The van der Waals surface area contributed by atoms with Crippen LogP contribution in [0.15, 0.2) is 0 Å². The van der Waals surface area contributed by atoms with Crippen molar-refractivity contribution < 1.29 is 9.59 Å². The van der Waals surface area contributed by atoms with Gasteiger partial charge in [0.1, 0.15) is 0 Å². The number of hydrogen-bond acceptors (Lipinski definition) is 3. The molecule has 1 aliphatic heterocycles. The molecule has 0 aliphatic carbocycles. The van der Waals surface area contributed by atoms with Crippen molar-refractivity contribution in [2.45, 2.75) is 12.8 Å². The maximum atomic E-state index is 10.9. The number of carbonyl (C=O) groups excluding carboxylic acids is 2. The first-order valence-corrected chi connectivity index (χ1v) is 4.07. The van der Waals surface area contributed by atoms with Crippen LogP contribution >= 0.6 is 0 Å². The quantitative estimate of drug-likeness (QED) is 0.446. The molecule has 0 aromatic rings. The molecule has 12 heavy (non-hydrogen) atoms. The summed E-state index contributed by atoms with van der Waals surface area (Å²) in [5, 5.41) is 7.72. The van der Waals surface area contributed by atoms with Crippen LogP contribution in [0.3, 0.4) is 0 Å². The van der Waals surface area contributed by atoms with Crippen LogP contribution in [-0.2, 0) is 4.79 Å². The molecule has 0 bridgehead atoms. The van der Waals surface area contributed by atoms with Gasteiger partial charge in [-0.2, -0.15) is 0 Å². The molecule has 0 unspecified atom stereocenters. The van der Waals surface area contributed by atoms with Crippen molar-refractivity contribution in [2.24, 2.45) is 0 Å². The molecule has 1 aliphatic rings. The summed E-state index contributed by atoms with van der Waals surface area (Å²) < 4.78 is 0. The summed E-state index contributed by atoms with van der Waals surface area (Å²) in [6, 6.07) is -0.399. The molecule has 5 nitrogen and oxygen atoms in total. The van der Waals surface area contributed by atoms with Crippen LogP contribution in [0.4, 0.5) is 4.79 Å². The topological polar surface area (TPSA) is 70.2 Å². The summed E-state index contributed by atoms with van der Waals surface area (Å²) in [5.74, 6) is -0.283. The highest BCUT2D eigenvalue weighted by Gasteiger charge is 2.07. The molecule has 0 aromatic carbocycles. The third-order valence-electron chi connectivity index (χ3n) is 1.60. The van der Waals surface area contributed by atoms with E-state index in [-0.39, 0.29) is 12.5 Å². The highest BCUT2D eigenvalue weighted by Crippen LogP contribution is 1.85. The third-order valence-corrected chi connectivity index (χ3v) is 1.60. The zero-order valence-corrected chi connectivity index (χ0v) is 6.85. The molecular formula is C7H13N3O2. The lowest BCUT2D eigenvalue weighted by molar-refractivity contribution is -0.119. The Labute approximate surface area is 70.9 Å². The molecule has 0 radical (unpaired) electrons. The smallest absolute Gasteiger partial charge is 0.321 e. The average Bonchev–Trinajstić information content (AvgIpc) is 2.02. The van der Waals surface area contributed by atoms with Crippen LogP contribution in [0.1, 0.15) is 12.8 Å². The lowest BCUT2D eigenvalue weighted by atomic mass is 10.3. The Morgan fingerprint density at radius 3 is 2.67 bits per heavy atom. The Balaban J connectivity index is 2.34. The number of urea groups is 1. The Morgan fingerprint density at radius 2 is 1.83 bits per heavy atom. The molecule has 1 saturated heterocycles. The largest absolute Gasteiger partial charge is 0.338 e. The molecule has 0 atom stereocenters. The summed E-state index contributed by atoms with van der Waals surface area (Å²) >= 11 is 0. The third kappa shape index (κ3) is 3.34. The SMILES string of the molecule is O=C1CNCCCCNC(=O)N1. The Morgan fingerprint density at radius 1 is 1.08 bits per heavy atom. The molecule has 68 valence electrons. The van der Waals surface area contributed by atoms with E-state index in [0.29, 0.717) is 6.54 Å². The molecule has 1 rings (SSSR count). The molecule has 1 heterocycles. The monoisotopic (exact) mass is 171 g/mol.